The van der Waals surface area contributed by atoms with Gasteiger partial charge in [-0.3, -0.25) is 14.5 Å². The highest BCUT2D eigenvalue weighted by Gasteiger charge is 2.46. The van der Waals surface area contributed by atoms with Crippen molar-refractivity contribution in [2.24, 2.45) is 0 Å². The van der Waals surface area contributed by atoms with Crippen LogP contribution >= 0.6 is 11.6 Å². The molecule has 2 fully saturated rings. The maximum absolute atomic E-state index is 13.2. The number of phenolic OH excluding ortho intramolecular Hbond substituents is 1. The van der Waals surface area contributed by atoms with Crippen molar-refractivity contribution in [1.29, 1.82) is 0 Å². The van der Waals surface area contributed by atoms with Crippen LogP contribution in [0.5, 0.6) is 11.5 Å². The summed E-state index contributed by atoms with van der Waals surface area (Å²) in [5, 5.41) is 21.8. The summed E-state index contributed by atoms with van der Waals surface area (Å²) in [6.07, 6.45) is 0. The van der Waals surface area contributed by atoms with Crippen molar-refractivity contribution >= 4 is 29.1 Å². The lowest BCUT2D eigenvalue weighted by Gasteiger charge is -2.31. The Labute approximate surface area is 202 Å². The zero-order valence-corrected chi connectivity index (χ0v) is 19.6. The number of benzene rings is 2. The molecule has 1 atom stereocenters. The van der Waals surface area contributed by atoms with Gasteiger partial charge in [0.1, 0.15) is 5.76 Å². The van der Waals surface area contributed by atoms with Gasteiger partial charge < -0.3 is 24.6 Å². The number of aliphatic hydroxyl groups is 1. The molecule has 2 aromatic rings. The van der Waals surface area contributed by atoms with Crippen LogP contribution in [0.25, 0.3) is 5.76 Å². The molecule has 0 bridgehead atoms. The SMILES string of the molecule is CCOc1cc(C2/C(=C(\O)c3ccc(Cl)cc3)C(=O)C(=O)N2CCN2CCOCC2)ccc1O. The molecule has 1 unspecified atom stereocenters. The van der Waals surface area contributed by atoms with Gasteiger partial charge in [-0.25, -0.2) is 0 Å². The first-order valence-corrected chi connectivity index (χ1v) is 11.6. The summed E-state index contributed by atoms with van der Waals surface area (Å²) in [4.78, 5) is 29.9. The van der Waals surface area contributed by atoms with E-state index in [9.17, 15) is 19.8 Å². The van der Waals surface area contributed by atoms with E-state index in [4.69, 9.17) is 21.1 Å². The lowest BCUT2D eigenvalue weighted by atomic mass is 9.95. The minimum absolute atomic E-state index is 0.0116. The van der Waals surface area contributed by atoms with Gasteiger partial charge in [-0.15, -0.1) is 0 Å². The van der Waals surface area contributed by atoms with Crippen molar-refractivity contribution in [3.05, 3.63) is 64.2 Å². The predicted octanol–water partition coefficient (Wildman–Crippen LogP) is 3.20. The quantitative estimate of drug-likeness (QED) is 0.352. The number of halogens is 1. The van der Waals surface area contributed by atoms with Crippen molar-refractivity contribution in [3.8, 4) is 11.5 Å². The van der Waals surface area contributed by atoms with E-state index in [1.54, 1.807) is 43.3 Å². The number of morpholine rings is 1. The number of carbonyl (C=O) groups excluding carboxylic acids is 2. The molecule has 0 saturated carbocycles. The van der Waals surface area contributed by atoms with Crippen LogP contribution in [0.1, 0.15) is 24.1 Å². The molecule has 4 rings (SSSR count). The molecule has 0 aliphatic carbocycles. The Balaban J connectivity index is 1.76. The van der Waals surface area contributed by atoms with Gasteiger partial charge in [0, 0.05) is 36.8 Å². The minimum Gasteiger partial charge on any atom is -0.507 e. The first-order chi connectivity index (χ1) is 16.4. The number of phenols is 1. The lowest BCUT2D eigenvalue weighted by molar-refractivity contribution is -0.140. The number of rotatable bonds is 7. The van der Waals surface area contributed by atoms with E-state index >= 15 is 0 Å². The van der Waals surface area contributed by atoms with Gasteiger partial charge in [-0.05, 0) is 48.9 Å². The Morgan fingerprint density at radius 2 is 1.82 bits per heavy atom. The standard InChI is InChI=1S/C25H27ClN2O6/c1-2-34-20-15-17(5-8-19(20)29)22-21(23(30)16-3-6-18(26)7-4-16)24(31)25(32)28(22)10-9-27-11-13-33-14-12-27/h3-8,15,22,29-30H,2,9-14H2,1H3/b23-21+. The van der Waals surface area contributed by atoms with Gasteiger partial charge in [0.05, 0.1) is 31.4 Å². The first kappa shape index (κ1) is 24.1. The van der Waals surface area contributed by atoms with E-state index in [1.807, 2.05) is 0 Å². The number of aliphatic hydroxyl groups excluding tert-OH is 1. The van der Waals surface area contributed by atoms with Gasteiger partial charge in [0.25, 0.3) is 11.7 Å². The summed E-state index contributed by atoms with van der Waals surface area (Å²) in [7, 11) is 0. The summed E-state index contributed by atoms with van der Waals surface area (Å²) in [6.45, 7) is 5.70. The fraction of sp³-hybridized carbons (Fsp3) is 0.360. The van der Waals surface area contributed by atoms with E-state index in [0.29, 0.717) is 42.5 Å². The molecule has 2 aliphatic rings. The zero-order chi connectivity index (χ0) is 24.2. The van der Waals surface area contributed by atoms with E-state index in [-0.39, 0.29) is 29.4 Å². The largest absolute Gasteiger partial charge is 0.507 e. The Kier molecular flexibility index (Phi) is 7.41. The van der Waals surface area contributed by atoms with Crippen molar-refractivity contribution in [2.45, 2.75) is 13.0 Å². The molecule has 2 N–H and O–H groups in total. The Morgan fingerprint density at radius 1 is 1.12 bits per heavy atom. The van der Waals surface area contributed by atoms with Gasteiger partial charge in [-0.2, -0.15) is 0 Å². The third-order valence-corrected chi connectivity index (χ3v) is 6.27. The molecule has 0 spiro atoms. The molecule has 2 saturated heterocycles. The van der Waals surface area contributed by atoms with Crippen LogP contribution < -0.4 is 4.74 Å². The van der Waals surface area contributed by atoms with Crippen LogP contribution in [0.2, 0.25) is 5.02 Å². The molecule has 8 nitrogen and oxygen atoms in total. The molecule has 2 aliphatic heterocycles. The number of likely N-dealkylation sites (tertiary alicyclic amines) is 1. The van der Waals surface area contributed by atoms with Gasteiger partial charge in [0.15, 0.2) is 11.5 Å². The first-order valence-electron chi connectivity index (χ1n) is 11.2. The molecule has 0 aromatic heterocycles. The Hall–Kier alpha value is -3.07. The predicted molar refractivity (Wildman–Crippen MR) is 127 cm³/mol. The second-order valence-corrected chi connectivity index (χ2v) is 8.55. The van der Waals surface area contributed by atoms with E-state index in [0.717, 1.165) is 13.1 Å². The van der Waals surface area contributed by atoms with Gasteiger partial charge in [0.2, 0.25) is 0 Å². The zero-order valence-electron chi connectivity index (χ0n) is 18.9. The van der Waals surface area contributed by atoms with Crippen molar-refractivity contribution in [2.75, 3.05) is 46.0 Å². The summed E-state index contributed by atoms with van der Waals surface area (Å²) < 4.78 is 10.9. The number of nitrogens with zero attached hydrogens (tertiary/aromatic N) is 2. The number of hydrogen-bond acceptors (Lipinski definition) is 7. The molecule has 34 heavy (non-hydrogen) atoms. The van der Waals surface area contributed by atoms with E-state index < -0.39 is 17.7 Å². The average Bonchev–Trinajstić information content (AvgIpc) is 3.10. The molecule has 0 radical (unpaired) electrons. The molecular weight excluding hydrogens is 460 g/mol. The number of carbonyl (C=O) groups is 2. The fourth-order valence-electron chi connectivity index (χ4n) is 4.27. The highest BCUT2D eigenvalue weighted by Crippen LogP contribution is 2.41. The van der Waals surface area contributed by atoms with Crippen molar-refractivity contribution < 1.29 is 29.3 Å². The van der Waals surface area contributed by atoms with Crippen LogP contribution in [0.15, 0.2) is 48.0 Å². The van der Waals surface area contributed by atoms with Crippen LogP contribution in [-0.2, 0) is 14.3 Å². The Morgan fingerprint density at radius 3 is 2.50 bits per heavy atom. The third kappa shape index (κ3) is 4.89. The molecular formula is C25H27ClN2O6. The molecule has 180 valence electrons. The number of hydrogen-bond donors (Lipinski definition) is 2. The highest BCUT2D eigenvalue weighted by atomic mass is 35.5. The molecule has 1 amide bonds. The van der Waals surface area contributed by atoms with Crippen LogP contribution in [0.4, 0.5) is 0 Å². The number of amides is 1. The number of ketones is 1. The number of ether oxygens (including phenoxy) is 2. The second-order valence-electron chi connectivity index (χ2n) is 8.11. The van der Waals surface area contributed by atoms with Gasteiger partial charge >= 0.3 is 0 Å². The van der Waals surface area contributed by atoms with Crippen molar-refractivity contribution in [3.63, 3.8) is 0 Å². The number of Topliss-reactive ketones (excluding diaryl/α,β-unsaturated/α-hetero) is 1. The Bertz CT molecular complexity index is 1100. The third-order valence-electron chi connectivity index (χ3n) is 6.02. The smallest absolute Gasteiger partial charge is 0.295 e. The normalized spacial score (nSPS) is 20.6. The monoisotopic (exact) mass is 486 g/mol. The van der Waals surface area contributed by atoms with E-state index in [1.165, 1.54) is 11.0 Å². The van der Waals surface area contributed by atoms with Gasteiger partial charge in [-0.1, -0.05) is 17.7 Å². The van der Waals surface area contributed by atoms with Crippen LogP contribution in [0, 0.1) is 0 Å². The molecule has 2 heterocycles. The summed E-state index contributed by atoms with van der Waals surface area (Å²) in [5.41, 5.74) is 0.921. The minimum atomic E-state index is -0.837. The maximum Gasteiger partial charge on any atom is 0.295 e. The fourth-order valence-corrected chi connectivity index (χ4v) is 4.39. The lowest BCUT2D eigenvalue weighted by Crippen LogP contribution is -2.42. The average molecular weight is 487 g/mol. The second kappa shape index (κ2) is 10.5. The van der Waals surface area contributed by atoms with Crippen LogP contribution in [0.3, 0.4) is 0 Å². The van der Waals surface area contributed by atoms with E-state index in [2.05, 4.69) is 4.90 Å². The molecule has 2 aromatic carbocycles. The van der Waals surface area contributed by atoms with Crippen LogP contribution in [-0.4, -0.2) is 77.7 Å². The summed E-state index contributed by atoms with van der Waals surface area (Å²) in [6, 6.07) is 10.3. The summed E-state index contributed by atoms with van der Waals surface area (Å²) >= 11 is 5.97. The maximum atomic E-state index is 13.2. The highest BCUT2D eigenvalue weighted by molar-refractivity contribution is 6.46. The molecule has 9 heteroatoms. The number of aromatic hydroxyl groups is 1. The summed E-state index contributed by atoms with van der Waals surface area (Å²) in [5.74, 6) is -1.52. The van der Waals surface area contributed by atoms with Crippen molar-refractivity contribution in [1.82, 2.24) is 9.80 Å². The topological polar surface area (TPSA) is 99.5 Å².